The first-order valence-corrected chi connectivity index (χ1v) is 5.20. The maximum Gasteiger partial charge on any atom is 0.306 e. The number of hydrogen-bond donors (Lipinski definition) is 1. The van der Waals surface area contributed by atoms with E-state index >= 15 is 0 Å². The van der Waals surface area contributed by atoms with Gasteiger partial charge in [-0.1, -0.05) is 24.9 Å². The number of hydrogen-bond acceptors (Lipinski definition) is 3. The highest BCUT2D eigenvalue weighted by atomic mass is 35.5. The molecule has 0 aliphatic carbocycles. The lowest BCUT2D eigenvalue weighted by Crippen LogP contribution is -2.16. The predicted octanol–water partition coefficient (Wildman–Crippen LogP) is 2.17. The van der Waals surface area contributed by atoms with Crippen molar-refractivity contribution in [3.63, 3.8) is 0 Å². The highest BCUT2D eigenvalue weighted by molar-refractivity contribution is 6.29. The van der Waals surface area contributed by atoms with Gasteiger partial charge < -0.3 is 5.11 Å². The lowest BCUT2D eigenvalue weighted by molar-refractivity contribution is -0.142. The van der Waals surface area contributed by atoms with E-state index < -0.39 is 5.97 Å². The van der Waals surface area contributed by atoms with Crippen LogP contribution < -0.4 is 0 Å². The second-order valence-electron chi connectivity index (χ2n) is 3.36. The van der Waals surface area contributed by atoms with Crippen molar-refractivity contribution in [2.24, 2.45) is 5.92 Å². The smallest absolute Gasteiger partial charge is 0.306 e. The van der Waals surface area contributed by atoms with Crippen molar-refractivity contribution in [3.05, 3.63) is 23.2 Å². The van der Waals surface area contributed by atoms with Gasteiger partial charge in [0.2, 0.25) is 0 Å². The van der Waals surface area contributed by atoms with E-state index in [0.29, 0.717) is 23.7 Å². The number of carbonyl (C=O) groups is 1. The molecular formula is C10H13ClN2O2. The SMILES string of the molecule is CCCC(Cc1cnc(Cl)cn1)C(=O)O. The molecule has 0 saturated heterocycles. The van der Waals surface area contributed by atoms with Crippen LogP contribution in [0.15, 0.2) is 12.4 Å². The molecule has 1 aromatic heterocycles. The molecule has 82 valence electrons. The Morgan fingerprint density at radius 3 is 2.73 bits per heavy atom. The molecule has 0 spiro atoms. The fraction of sp³-hybridized carbons (Fsp3) is 0.500. The second kappa shape index (κ2) is 5.66. The Kier molecular flexibility index (Phi) is 4.49. The fourth-order valence-electron chi connectivity index (χ4n) is 1.36. The monoisotopic (exact) mass is 228 g/mol. The van der Waals surface area contributed by atoms with E-state index in [2.05, 4.69) is 9.97 Å². The number of halogens is 1. The molecule has 0 aliphatic rings. The van der Waals surface area contributed by atoms with E-state index in [-0.39, 0.29) is 5.92 Å². The molecule has 1 atom stereocenters. The predicted molar refractivity (Wildman–Crippen MR) is 56.8 cm³/mol. The largest absolute Gasteiger partial charge is 0.481 e. The van der Waals surface area contributed by atoms with Gasteiger partial charge in [0.1, 0.15) is 5.15 Å². The van der Waals surface area contributed by atoms with Crippen LogP contribution in [0.4, 0.5) is 0 Å². The number of carboxylic acids is 1. The molecule has 0 saturated carbocycles. The summed E-state index contributed by atoms with van der Waals surface area (Å²) in [6.45, 7) is 1.96. The summed E-state index contributed by atoms with van der Waals surface area (Å²) in [7, 11) is 0. The van der Waals surface area contributed by atoms with Crippen LogP contribution in [0.2, 0.25) is 5.15 Å². The van der Waals surface area contributed by atoms with Crippen molar-refractivity contribution in [1.82, 2.24) is 9.97 Å². The van der Waals surface area contributed by atoms with Gasteiger partial charge in [-0.3, -0.25) is 9.78 Å². The maximum atomic E-state index is 10.9. The maximum absolute atomic E-state index is 10.9. The van der Waals surface area contributed by atoms with Crippen LogP contribution >= 0.6 is 11.6 Å². The highest BCUT2D eigenvalue weighted by Crippen LogP contribution is 2.13. The average molecular weight is 229 g/mol. The second-order valence-corrected chi connectivity index (χ2v) is 3.75. The molecule has 15 heavy (non-hydrogen) atoms. The Morgan fingerprint density at radius 1 is 1.53 bits per heavy atom. The van der Waals surface area contributed by atoms with E-state index in [9.17, 15) is 4.79 Å². The summed E-state index contributed by atoms with van der Waals surface area (Å²) in [6.07, 6.45) is 4.86. The first-order valence-electron chi connectivity index (χ1n) is 4.82. The molecule has 1 heterocycles. The number of nitrogens with zero attached hydrogens (tertiary/aromatic N) is 2. The zero-order valence-corrected chi connectivity index (χ0v) is 9.24. The van der Waals surface area contributed by atoms with Gasteiger partial charge in [-0.15, -0.1) is 0 Å². The lowest BCUT2D eigenvalue weighted by atomic mass is 9.98. The summed E-state index contributed by atoms with van der Waals surface area (Å²) in [4.78, 5) is 18.8. The lowest BCUT2D eigenvalue weighted by Gasteiger charge is -2.09. The number of carboxylic acid groups (broad SMARTS) is 1. The normalized spacial score (nSPS) is 12.4. The van der Waals surface area contributed by atoms with E-state index in [1.807, 2.05) is 6.92 Å². The zero-order valence-electron chi connectivity index (χ0n) is 8.48. The van der Waals surface area contributed by atoms with E-state index in [4.69, 9.17) is 16.7 Å². The standard InChI is InChI=1S/C10H13ClN2O2/c1-2-3-7(10(14)15)4-8-5-13-9(11)6-12-8/h5-7H,2-4H2,1H3,(H,14,15). The van der Waals surface area contributed by atoms with Crippen molar-refractivity contribution >= 4 is 17.6 Å². The Balaban J connectivity index is 2.65. The Morgan fingerprint density at radius 2 is 2.27 bits per heavy atom. The van der Waals surface area contributed by atoms with Crippen molar-refractivity contribution in [1.29, 1.82) is 0 Å². The molecule has 0 amide bonds. The van der Waals surface area contributed by atoms with Gasteiger partial charge in [0.05, 0.1) is 24.0 Å². The first-order chi connectivity index (χ1) is 7.13. The minimum atomic E-state index is -0.784. The number of rotatable bonds is 5. The average Bonchev–Trinajstić information content (AvgIpc) is 2.20. The van der Waals surface area contributed by atoms with Crippen LogP contribution in [-0.4, -0.2) is 21.0 Å². The van der Waals surface area contributed by atoms with Gasteiger partial charge in [0, 0.05) is 6.42 Å². The van der Waals surface area contributed by atoms with Gasteiger partial charge >= 0.3 is 5.97 Å². The Labute approximate surface area is 93.3 Å². The summed E-state index contributed by atoms with van der Waals surface area (Å²) in [5.74, 6) is -1.17. The molecule has 5 heteroatoms. The summed E-state index contributed by atoms with van der Waals surface area (Å²) < 4.78 is 0. The molecule has 0 fully saturated rings. The summed E-state index contributed by atoms with van der Waals surface area (Å²) >= 11 is 5.58. The van der Waals surface area contributed by atoms with Gasteiger partial charge in [-0.25, -0.2) is 4.98 Å². The summed E-state index contributed by atoms with van der Waals surface area (Å²) in [5.41, 5.74) is 0.667. The molecule has 0 radical (unpaired) electrons. The number of aromatic nitrogens is 2. The van der Waals surface area contributed by atoms with Gasteiger partial charge in [-0.2, -0.15) is 0 Å². The van der Waals surface area contributed by atoms with Crippen LogP contribution in [0.25, 0.3) is 0 Å². The van der Waals surface area contributed by atoms with E-state index in [1.165, 1.54) is 12.4 Å². The van der Waals surface area contributed by atoms with Crippen molar-refractivity contribution < 1.29 is 9.90 Å². The Hall–Kier alpha value is -1.16. The molecule has 1 unspecified atom stereocenters. The molecule has 4 nitrogen and oxygen atoms in total. The topological polar surface area (TPSA) is 63.1 Å². The van der Waals surface area contributed by atoms with Crippen molar-refractivity contribution in [2.45, 2.75) is 26.2 Å². The third-order valence-corrected chi connectivity index (χ3v) is 2.31. The third kappa shape index (κ3) is 3.83. The summed E-state index contributed by atoms with van der Waals surface area (Å²) in [6, 6.07) is 0. The zero-order chi connectivity index (χ0) is 11.3. The van der Waals surface area contributed by atoms with Crippen LogP contribution in [0, 0.1) is 5.92 Å². The molecule has 1 N–H and O–H groups in total. The fourth-order valence-corrected chi connectivity index (χ4v) is 1.46. The summed E-state index contributed by atoms with van der Waals surface area (Å²) in [5, 5.41) is 9.27. The first kappa shape index (κ1) is 11.9. The molecular weight excluding hydrogens is 216 g/mol. The van der Waals surface area contributed by atoms with Crippen LogP contribution in [0.5, 0.6) is 0 Å². The van der Waals surface area contributed by atoms with Crippen LogP contribution in [-0.2, 0) is 11.2 Å². The van der Waals surface area contributed by atoms with Crippen molar-refractivity contribution in [2.75, 3.05) is 0 Å². The highest BCUT2D eigenvalue weighted by Gasteiger charge is 2.17. The van der Waals surface area contributed by atoms with Crippen LogP contribution in [0.1, 0.15) is 25.5 Å². The van der Waals surface area contributed by atoms with Crippen molar-refractivity contribution in [3.8, 4) is 0 Å². The molecule has 0 aromatic carbocycles. The quantitative estimate of drug-likeness (QED) is 0.839. The molecule has 0 bridgehead atoms. The van der Waals surface area contributed by atoms with E-state index in [1.54, 1.807) is 0 Å². The van der Waals surface area contributed by atoms with Gasteiger partial charge in [-0.05, 0) is 6.42 Å². The minimum Gasteiger partial charge on any atom is -0.481 e. The minimum absolute atomic E-state index is 0.320. The van der Waals surface area contributed by atoms with Gasteiger partial charge in [0.15, 0.2) is 0 Å². The molecule has 0 aliphatic heterocycles. The van der Waals surface area contributed by atoms with Gasteiger partial charge in [0.25, 0.3) is 0 Å². The van der Waals surface area contributed by atoms with E-state index in [0.717, 1.165) is 6.42 Å². The molecule has 1 aromatic rings. The number of aliphatic carboxylic acids is 1. The third-order valence-electron chi connectivity index (χ3n) is 2.12. The Bertz CT molecular complexity index is 327. The van der Waals surface area contributed by atoms with Crippen LogP contribution in [0.3, 0.4) is 0 Å². The molecule has 1 rings (SSSR count).